The second-order valence-corrected chi connectivity index (χ2v) is 2.33. The summed E-state index contributed by atoms with van der Waals surface area (Å²) >= 11 is 0. The standard InChI is InChI=1S/C9H11O/c1-3-8-6-4-5-7(2)9(8)10/h4-6,10H,1,3H2,2H3. The molecule has 0 saturated carbocycles. The molecule has 0 amide bonds. The smallest absolute Gasteiger partial charge is 0.121 e. The van der Waals surface area contributed by atoms with Crippen molar-refractivity contribution in [3.8, 4) is 5.75 Å². The van der Waals surface area contributed by atoms with Gasteiger partial charge in [-0.05, 0) is 31.4 Å². The van der Waals surface area contributed by atoms with E-state index >= 15 is 0 Å². The Morgan fingerprint density at radius 2 is 2.20 bits per heavy atom. The van der Waals surface area contributed by atoms with Crippen molar-refractivity contribution in [1.82, 2.24) is 0 Å². The first-order valence-electron chi connectivity index (χ1n) is 3.32. The first-order chi connectivity index (χ1) is 4.75. The van der Waals surface area contributed by atoms with Gasteiger partial charge in [0.05, 0.1) is 0 Å². The average Bonchev–Trinajstić information content (AvgIpc) is 1.95. The summed E-state index contributed by atoms with van der Waals surface area (Å²) in [5.74, 6) is 0.387. The van der Waals surface area contributed by atoms with Crippen LogP contribution in [0.5, 0.6) is 5.75 Å². The maximum absolute atomic E-state index is 9.36. The number of benzene rings is 1. The highest BCUT2D eigenvalue weighted by molar-refractivity contribution is 5.39. The summed E-state index contributed by atoms with van der Waals surface area (Å²) in [5.41, 5.74) is 1.83. The molecule has 1 nitrogen and oxygen atoms in total. The Balaban J connectivity index is 3.14. The number of para-hydroxylation sites is 1. The first kappa shape index (κ1) is 7.13. The van der Waals surface area contributed by atoms with Gasteiger partial charge in [0.2, 0.25) is 0 Å². The molecule has 0 heterocycles. The normalized spacial score (nSPS) is 9.80. The molecule has 0 unspecified atom stereocenters. The third kappa shape index (κ3) is 1.13. The first-order valence-corrected chi connectivity index (χ1v) is 3.32. The number of aryl methyl sites for hydroxylation is 1. The van der Waals surface area contributed by atoms with Gasteiger partial charge in [-0.1, -0.05) is 18.2 Å². The molecule has 0 aromatic heterocycles. The molecule has 1 rings (SSSR count). The zero-order chi connectivity index (χ0) is 7.56. The maximum atomic E-state index is 9.36. The van der Waals surface area contributed by atoms with Crippen LogP contribution in [0.15, 0.2) is 18.2 Å². The SMILES string of the molecule is [CH2]Cc1cccc(C)c1O. The summed E-state index contributed by atoms with van der Waals surface area (Å²) in [6.07, 6.45) is 0.646. The van der Waals surface area contributed by atoms with Crippen LogP contribution in [-0.4, -0.2) is 5.11 Å². The molecule has 1 radical (unpaired) electrons. The predicted molar refractivity (Wildman–Crippen MR) is 41.9 cm³/mol. The Morgan fingerprint density at radius 3 is 2.70 bits per heavy atom. The fourth-order valence-corrected chi connectivity index (χ4v) is 0.921. The summed E-state index contributed by atoms with van der Waals surface area (Å²) < 4.78 is 0. The molecule has 1 heteroatoms. The van der Waals surface area contributed by atoms with Gasteiger partial charge in [-0.3, -0.25) is 0 Å². The minimum Gasteiger partial charge on any atom is -0.507 e. The molecule has 1 aromatic rings. The topological polar surface area (TPSA) is 20.2 Å². The lowest BCUT2D eigenvalue weighted by Gasteiger charge is -2.02. The van der Waals surface area contributed by atoms with Crippen LogP contribution in [0.25, 0.3) is 0 Å². The minimum absolute atomic E-state index is 0.387. The van der Waals surface area contributed by atoms with E-state index in [9.17, 15) is 5.11 Å². The molecular weight excluding hydrogens is 124 g/mol. The van der Waals surface area contributed by atoms with E-state index in [4.69, 9.17) is 0 Å². The summed E-state index contributed by atoms with van der Waals surface area (Å²) in [5, 5.41) is 9.36. The summed E-state index contributed by atoms with van der Waals surface area (Å²) in [6.45, 7) is 5.58. The predicted octanol–water partition coefficient (Wildman–Crippen LogP) is 2.08. The van der Waals surface area contributed by atoms with Crippen LogP contribution in [-0.2, 0) is 6.42 Å². The van der Waals surface area contributed by atoms with Gasteiger partial charge in [0.1, 0.15) is 5.75 Å². The monoisotopic (exact) mass is 135 g/mol. The van der Waals surface area contributed by atoms with E-state index in [1.165, 1.54) is 0 Å². The van der Waals surface area contributed by atoms with Crippen molar-refractivity contribution in [2.24, 2.45) is 0 Å². The Kier molecular flexibility index (Phi) is 1.95. The summed E-state index contributed by atoms with van der Waals surface area (Å²) in [6, 6.07) is 5.69. The van der Waals surface area contributed by atoms with Crippen LogP contribution in [0, 0.1) is 13.8 Å². The van der Waals surface area contributed by atoms with Crippen molar-refractivity contribution in [2.75, 3.05) is 0 Å². The van der Waals surface area contributed by atoms with Crippen molar-refractivity contribution in [3.05, 3.63) is 36.2 Å². The van der Waals surface area contributed by atoms with E-state index in [0.717, 1.165) is 11.1 Å². The number of rotatable bonds is 1. The molecule has 0 aliphatic carbocycles. The Hall–Kier alpha value is -0.980. The van der Waals surface area contributed by atoms with Crippen LogP contribution >= 0.6 is 0 Å². The van der Waals surface area contributed by atoms with Crippen molar-refractivity contribution >= 4 is 0 Å². The second kappa shape index (κ2) is 2.74. The van der Waals surface area contributed by atoms with Crippen LogP contribution < -0.4 is 0 Å². The van der Waals surface area contributed by atoms with Gasteiger partial charge < -0.3 is 5.11 Å². The third-order valence-electron chi connectivity index (χ3n) is 1.59. The van der Waals surface area contributed by atoms with Crippen LogP contribution in [0.1, 0.15) is 11.1 Å². The molecule has 0 atom stereocenters. The van der Waals surface area contributed by atoms with Crippen molar-refractivity contribution < 1.29 is 5.11 Å². The quantitative estimate of drug-likeness (QED) is 0.625. The van der Waals surface area contributed by atoms with Crippen molar-refractivity contribution in [2.45, 2.75) is 13.3 Å². The van der Waals surface area contributed by atoms with Gasteiger partial charge in [0, 0.05) is 0 Å². The highest BCUT2D eigenvalue weighted by atomic mass is 16.3. The molecule has 0 spiro atoms. The third-order valence-corrected chi connectivity index (χ3v) is 1.59. The number of hydrogen-bond donors (Lipinski definition) is 1. The molecule has 0 saturated heterocycles. The fourth-order valence-electron chi connectivity index (χ4n) is 0.921. The van der Waals surface area contributed by atoms with Crippen LogP contribution in [0.2, 0.25) is 0 Å². The van der Waals surface area contributed by atoms with E-state index in [0.29, 0.717) is 12.2 Å². The number of hydrogen-bond acceptors (Lipinski definition) is 1. The Bertz CT molecular complexity index is 228. The molecule has 1 aromatic carbocycles. The lowest BCUT2D eigenvalue weighted by molar-refractivity contribution is 0.465. The van der Waals surface area contributed by atoms with E-state index in [1.54, 1.807) is 0 Å². The van der Waals surface area contributed by atoms with Gasteiger partial charge in [0.25, 0.3) is 0 Å². The van der Waals surface area contributed by atoms with Gasteiger partial charge in [-0.15, -0.1) is 0 Å². The molecule has 0 bridgehead atoms. The lowest BCUT2D eigenvalue weighted by Crippen LogP contribution is -1.83. The number of phenols is 1. The van der Waals surface area contributed by atoms with E-state index in [1.807, 2.05) is 25.1 Å². The maximum Gasteiger partial charge on any atom is 0.121 e. The average molecular weight is 135 g/mol. The Labute approximate surface area is 61.3 Å². The summed E-state index contributed by atoms with van der Waals surface area (Å²) in [4.78, 5) is 0. The van der Waals surface area contributed by atoms with E-state index < -0.39 is 0 Å². The zero-order valence-electron chi connectivity index (χ0n) is 6.09. The van der Waals surface area contributed by atoms with E-state index in [-0.39, 0.29) is 0 Å². The zero-order valence-corrected chi connectivity index (χ0v) is 6.09. The van der Waals surface area contributed by atoms with Crippen molar-refractivity contribution in [3.63, 3.8) is 0 Å². The molecule has 0 fully saturated rings. The fraction of sp³-hybridized carbons (Fsp3) is 0.222. The molecule has 53 valence electrons. The van der Waals surface area contributed by atoms with Gasteiger partial charge in [0.15, 0.2) is 0 Å². The lowest BCUT2D eigenvalue weighted by atomic mass is 10.1. The molecule has 0 aliphatic rings. The summed E-state index contributed by atoms with van der Waals surface area (Å²) in [7, 11) is 0. The Morgan fingerprint density at radius 1 is 1.50 bits per heavy atom. The number of phenolic OH excluding ortho intramolecular Hbond substituents is 1. The minimum atomic E-state index is 0.387. The van der Waals surface area contributed by atoms with Crippen molar-refractivity contribution in [1.29, 1.82) is 0 Å². The highest BCUT2D eigenvalue weighted by Crippen LogP contribution is 2.20. The number of aromatic hydroxyl groups is 1. The van der Waals surface area contributed by atoms with Gasteiger partial charge in [-0.25, -0.2) is 0 Å². The van der Waals surface area contributed by atoms with Gasteiger partial charge in [-0.2, -0.15) is 0 Å². The highest BCUT2D eigenvalue weighted by Gasteiger charge is 1.98. The van der Waals surface area contributed by atoms with Crippen LogP contribution in [0.4, 0.5) is 0 Å². The largest absolute Gasteiger partial charge is 0.507 e. The molecule has 10 heavy (non-hydrogen) atoms. The van der Waals surface area contributed by atoms with E-state index in [2.05, 4.69) is 6.92 Å². The molecular formula is C9H11O. The molecule has 1 N–H and O–H groups in total. The van der Waals surface area contributed by atoms with Gasteiger partial charge >= 0.3 is 0 Å². The van der Waals surface area contributed by atoms with Crippen LogP contribution in [0.3, 0.4) is 0 Å². The molecule has 0 aliphatic heterocycles. The second-order valence-electron chi connectivity index (χ2n) is 2.33.